The Morgan fingerprint density at radius 3 is 2.71 bits per heavy atom. The van der Waals surface area contributed by atoms with E-state index in [1.54, 1.807) is 0 Å². The van der Waals surface area contributed by atoms with Gasteiger partial charge < -0.3 is 4.98 Å². The molecular weight excluding hydrogens is 170 g/mol. The summed E-state index contributed by atoms with van der Waals surface area (Å²) in [5, 5.41) is 1.35. The number of rotatable bonds is 1. The first-order valence-electron chi connectivity index (χ1n) is 5.27. The zero-order chi connectivity index (χ0) is 9.76. The standard InChI is InChI=1S/C13H15N/c1-9-3-4-11-10(7-9)8-12(14-11)13(2)5-6-13/h3-4,7-8,14H,5-6H2,1-2H3. The zero-order valence-electron chi connectivity index (χ0n) is 8.72. The summed E-state index contributed by atoms with van der Waals surface area (Å²) in [5.74, 6) is 0. The maximum absolute atomic E-state index is 3.53. The van der Waals surface area contributed by atoms with E-state index in [0.717, 1.165) is 0 Å². The van der Waals surface area contributed by atoms with E-state index in [2.05, 4.69) is 43.1 Å². The summed E-state index contributed by atoms with van der Waals surface area (Å²) >= 11 is 0. The number of aryl methyl sites for hydroxylation is 1. The van der Waals surface area contributed by atoms with Gasteiger partial charge in [-0.15, -0.1) is 0 Å². The molecule has 0 aliphatic heterocycles. The highest BCUT2D eigenvalue weighted by Gasteiger charge is 2.40. The van der Waals surface area contributed by atoms with Crippen molar-refractivity contribution >= 4 is 10.9 Å². The Bertz CT molecular complexity index is 489. The highest BCUT2D eigenvalue weighted by Crippen LogP contribution is 2.47. The van der Waals surface area contributed by atoms with Crippen LogP contribution in [0.1, 0.15) is 31.0 Å². The third-order valence-corrected chi connectivity index (χ3v) is 3.43. The third kappa shape index (κ3) is 1.08. The number of aromatic amines is 1. The Morgan fingerprint density at radius 2 is 2.00 bits per heavy atom. The van der Waals surface area contributed by atoms with Crippen LogP contribution in [0.4, 0.5) is 0 Å². The quantitative estimate of drug-likeness (QED) is 0.699. The second-order valence-electron chi connectivity index (χ2n) is 4.83. The van der Waals surface area contributed by atoms with Crippen molar-refractivity contribution in [3.63, 3.8) is 0 Å². The lowest BCUT2D eigenvalue weighted by atomic mass is 10.1. The third-order valence-electron chi connectivity index (χ3n) is 3.43. The van der Waals surface area contributed by atoms with Crippen LogP contribution in [0.25, 0.3) is 10.9 Å². The van der Waals surface area contributed by atoms with Crippen LogP contribution in [0.5, 0.6) is 0 Å². The lowest BCUT2D eigenvalue weighted by molar-refractivity contribution is 0.761. The lowest BCUT2D eigenvalue weighted by Gasteiger charge is -2.02. The number of fused-ring (bicyclic) bond motifs is 1. The van der Waals surface area contributed by atoms with Gasteiger partial charge in [-0.2, -0.15) is 0 Å². The highest BCUT2D eigenvalue weighted by atomic mass is 14.8. The topological polar surface area (TPSA) is 15.8 Å². The number of hydrogen-bond acceptors (Lipinski definition) is 0. The predicted octanol–water partition coefficient (Wildman–Crippen LogP) is 3.53. The molecule has 1 aliphatic carbocycles. The predicted molar refractivity (Wildman–Crippen MR) is 59.6 cm³/mol. The molecule has 0 spiro atoms. The van der Waals surface area contributed by atoms with Gasteiger partial charge in [0.25, 0.3) is 0 Å². The Labute approximate surface area is 84.1 Å². The van der Waals surface area contributed by atoms with E-state index in [4.69, 9.17) is 0 Å². The van der Waals surface area contributed by atoms with Crippen LogP contribution in [0.2, 0.25) is 0 Å². The van der Waals surface area contributed by atoms with E-state index in [-0.39, 0.29) is 0 Å². The first-order valence-corrected chi connectivity index (χ1v) is 5.27. The zero-order valence-corrected chi connectivity index (χ0v) is 8.72. The van der Waals surface area contributed by atoms with Gasteiger partial charge in [0.15, 0.2) is 0 Å². The van der Waals surface area contributed by atoms with Crippen LogP contribution in [0, 0.1) is 6.92 Å². The molecule has 1 aromatic carbocycles. The van der Waals surface area contributed by atoms with Crippen LogP contribution in [-0.4, -0.2) is 4.98 Å². The summed E-state index contributed by atoms with van der Waals surface area (Å²) in [6.45, 7) is 4.48. The second-order valence-corrected chi connectivity index (χ2v) is 4.83. The summed E-state index contributed by atoms with van der Waals surface area (Å²) < 4.78 is 0. The molecular formula is C13H15N. The molecule has 0 unspecified atom stereocenters. The van der Waals surface area contributed by atoms with E-state index in [1.165, 1.54) is 35.0 Å². The van der Waals surface area contributed by atoms with Gasteiger partial charge in [-0.25, -0.2) is 0 Å². The van der Waals surface area contributed by atoms with Crippen LogP contribution >= 0.6 is 0 Å². The van der Waals surface area contributed by atoms with Crippen molar-refractivity contribution < 1.29 is 0 Å². The van der Waals surface area contributed by atoms with Crippen molar-refractivity contribution in [2.75, 3.05) is 0 Å². The summed E-state index contributed by atoms with van der Waals surface area (Å²) in [5.41, 5.74) is 4.48. The minimum absolute atomic E-state index is 0.451. The van der Waals surface area contributed by atoms with E-state index in [9.17, 15) is 0 Å². The van der Waals surface area contributed by atoms with Crippen LogP contribution in [-0.2, 0) is 5.41 Å². The maximum atomic E-state index is 3.53. The Kier molecular flexibility index (Phi) is 1.40. The SMILES string of the molecule is Cc1ccc2[nH]c(C3(C)CC3)cc2c1. The van der Waals surface area contributed by atoms with Gasteiger partial charge in [-0.3, -0.25) is 0 Å². The van der Waals surface area contributed by atoms with Crippen LogP contribution in [0.15, 0.2) is 24.3 Å². The van der Waals surface area contributed by atoms with Gasteiger partial charge in [0.05, 0.1) is 0 Å². The van der Waals surface area contributed by atoms with E-state index < -0.39 is 0 Å². The molecule has 0 amide bonds. The number of benzene rings is 1. The normalized spacial score (nSPS) is 18.7. The second kappa shape index (κ2) is 2.41. The van der Waals surface area contributed by atoms with Crippen molar-refractivity contribution in [1.82, 2.24) is 4.98 Å². The van der Waals surface area contributed by atoms with Gasteiger partial charge in [0, 0.05) is 16.6 Å². The van der Waals surface area contributed by atoms with E-state index >= 15 is 0 Å². The largest absolute Gasteiger partial charge is 0.358 e. The summed E-state index contributed by atoms with van der Waals surface area (Å²) in [6.07, 6.45) is 2.66. The molecule has 1 saturated carbocycles. The molecule has 1 aliphatic rings. The average molecular weight is 185 g/mol. The molecule has 1 N–H and O–H groups in total. The van der Waals surface area contributed by atoms with Gasteiger partial charge in [-0.05, 0) is 43.4 Å². The molecule has 3 rings (SSSR count). The maximum Gasteiger partial charge on any atom is 0.0456 e. The van der Waals surface area contributed by atoms with Gasteiger partial charge in [0.1, 0.15) is 0 Å². The summed E-state index contributed by atoms with van der Waals surface area (Å²) in [6, 6.07) is 8.91. The minimum atomic E-state index is 0.451. The molecule has 1 fully saturated rings. The summed E-state index contributed by atoms with van der Waals surface area (Å²) in [4.78, 5) is 3.53. The number of H-pyrrole nitrogens is 1. The fraction of sp³-hybridized carbons (Fsp3) is 0.385. The molecule has 1 heterocycles. The molecule has 14 heavy (non-hydrogen) atoms. The van der Waals surface area contributed by atoms with E-state index in [1.807, 2.05) is 0 Å². The first kappa shape index (κ1) is 8.10. The van der Waals surface area contributed by atoms with Crippen molar-refractivity contribution in [3.05, 3.63) is 35.5 Å². The molecule has 2 aromatic rings. The minimum Gasteiger partial charge on any atom is -0.358 e. The van der Waals surface area contributed by atoms with Crippen LogP contribution in [0.3, 0.4) is 0 Å². The molecule has 1 nitrogen and oxygen atoms in total. The number of hydrogen-bond donors (Lipinski definition) is 1. The fourth-order valence-electron chi connectivity index (χ4n) is 2.03. The van der Waals surface area contributed by atoms with Crippen LogP contribution < -0.4 is 0 Å². The molecule has 72 valence electrons. The number of aromatic nitrogens is 1. The first-order chi connectivity index (χ1) is 6.67. The summed E-state index contributed by atoms with van der Waals surface area (Å²) in [7, 11) is 0. The van der Waals surface area contributed by atoms with Gasteiger partial charge in [-0.1, -0.05) is 18.6 Å². The monoisotopic (exact) mass is 185 g/mol. The number of nitrogens with one attached hydrogen (secondary N) is 1. The van der Waals surface area contributed by atoms with E-state index in [0.29, 0.717) is 5.41 Å². The Hall–Kier alpha value is -1.24. The van der Waals surface area contributed by atoms with Gasteiger partial charge >= 0.3 is 0 Å². The van der Waals surface area contributed by atoms with Crippen molar-refractivity contribution in [1.29, 1.82) is 0 Å². The van der Waals surface area contributed by atoms with Crippen molar-refractivity contribution in [2.45, 2.75) is 32.1 Å². The smallest absolute Gasteiger partial charge is 0.0456 e. The average Bonchev–Trinajstić information content (AvgIpc) is 2.77. The highest BCUT2D eigenvalue weighted by molar-refractivity contribution is 5.81. The lowest BCUT2D eigenvalue weighted by Crippen LogP contribution is -1.98. The Morgan fingerprint density at radius 1 is 1.21 bits per heavy atom. The molecule has 1 heteroatoms. The van der Waals surface area contributed by atoms with Gasteiger partial charge in [0.2, 0.25) is 0 Å². The van der Waals surface area contributed by atoms with Crippen molar-refractivity contribution in [2.24, 2.45) is 0 Å². The molecule has 0 bridgehead atoms. The molecule has 0 saturated heterocycles. The molecule has 0 radical (unpaired) electrons. The Balaban J connectivity index is 2.20. The molecule has 1 aromatic heterocycles. The fourth-order valence-corrected chi connectivity index (χ4v) is 2.03. The van der Waals surface area contributed by atoms with Crippen molar-refractivity contribution in [3.8, 4) is 0 Å². The molecule has 0 atom stereocenters.